The Hall–Kier alpha value is -1.07. The molecule has 1 fully saturated rings. The predicted octanol–water partition coefficient (Wildman–Crippen LogP) is 2.72. The number of aliphatic hydroxyl groups is 1. The van der Waals surface area contributed by atoms with Gasteiger partial charge in [0.1, 0.15) is 0 Å². The summed E-state index contributed by atoms with van der Waals surface area (Å²) < 4.78 is 1.01. The van der Waals surface area contributed by atoms with Gasteiger partial charge in [-0.1, -0.05) is 33.6 Å². The van der Waals surface area contributed by atoms with E-state index in [1.54, 1.807) is 0 Å². The number of urea groups is 1. The van der Waals surface area contributed by atoms with Crippen molar-refractivity contribution in [1.82, 2.24) is 10.6 Å². The second-order valence-electron chi connectivity index (χ2n) is 5.47. The lowest BCUT2D eigenvalue weighted by Crippen LogP contribution is -2.48. The number of aliphatic hydroxyl groups excluding tert-OH is 1. The van der Waals surface area contributed by atoms with E-state index in [-0.39, 0.29) is 18.7 Å². The maximum Gasteiger partial charge on any atom is 0.315 e. The molecule has 2 amide bonds. The van der Waals surface area contributed by atoms with Gasteiger partial charge in [-0.25, -0.2) is 4.79 Å². The summed E-state index contributed by atoms with van der Waals surface area (Å²) in [6.45, 7) is 2.79. The third-order valence-electron chi connectivity index (χ3n) is 3.75. The van der Waals surface area contributed by atoms with Gasteiger partial charge < -0.3 is 15.7 Å². The van der Waals surface area contributed by atoms with Gasteiger partial charge in [-0.2, -0.15) is 0 Å². The third-order valence-corrected chi connectivity index (χ3v) is 4.52. The van der Waals surface area contributed by atoms with Gasteiger partial charge in [0.2, 0.25) is 0 Å². The van der Waals surface area contributed by atoms with Crippen molar-refractivity contribution < 1.29 is 9.90 Å². The Labute approximate surface area is 128 Å². The molecule has 2 rings (SSSR count). The predicted molar refractivity (Wildman–Crippen MR) is 82.5 cm³/mol. The minimum absolute atomic E-state index is 0.120. The summed E-state index contributed by atoms with van der Waals surface area (Å²) in [5.41, 5.74) is 2.25. The molecule has 4 nitrogen and oxygen atoms in total. The molecule has 0 aromatic heterocycles. The number of rotatable bonds is 5. The van der Waals surface area contributed by atoms with Crippen LogP contribution < -0.4 is 10.6 Å². The van der Waals surface area contributed by atoms with Crippen molar-refractivity contribution in [1.29, 1.82) is 0 Å². The maximum absolute atomic E-state index is 11.8. The van der Waals surface area contributed by atoms with Crippen LogP contribution in [0.4, 0.5) is 4.79 Å². The summed E-state index contributed by atoms with van der Waals surface area (Å²) in [6, 6.07) is 6.22. The van der Waals surface area contributed by atoms with Crippen molar-refractivity contribution in [2.75, 3.05) is 6.61 Å². The Balaban J connectivity index is 1.72. The third kappa shape index (κ3) is 4.21. The van der Waals surface area contributed by atoms with Crippen LogP contribution in [0.2, 0.25) is 0 Å². The van der Waals surface area contributed by atoms with Gasteiger partial charge in [-0.3, -0.25) is 0 Å². The number of carbonyl (C=O) groups is 1. The first kappa shape index (κ1) is 15.3. The SMILES string of the molecule is Cc1ccc(Br)c(CNC(=O)NC2CC(CCO)C2)c1. The number of hydrogen-bond donors (Lipinski definition) is 3. The Kier molecular flexibility index (Phi) is 5.43. The van der Waals surface area contributed by atoms with Crippen LogP contribution in [-0.4, -0.2) is 23.8 Å². The molecule has 1 aromatic rings. The molecule has 110 valence electrons. The van der Waals surface area contributed by atoms with Crippen LogP contribution in [-0.2, 0) is 6.54 Å². The van der Waals surface area contributed by atoms with E-state index in [9.17, 15) is 4.79 Å². The molecule has 0 unspecified atom stereocenters. The van der Waals surface area contributed by atoms with Crippen LogP contribution in [0, 0.1) is 12.8 Å². The van der Waals surface area contributed by atoms with Crippen molar-refractivity contribution in [3.63, 3.8) is 0 Å². The lowest BCUT2D eigenvalue weighted by Gasteiger charge is -2.35. The number of aryl methyl sites for hydroxylation is 1. The first-order valence-electron chi connectivity index (χ1n) is 6.98. The fraction of sp³-hybridized carbons (Fsp3) is 0.533. The van der Waals surface area contributed by atoms with Gasteiger partial charge >= 0.3 is 6.03 Å². The molecule has 0 radical (unpaired) electrons. The van der Waals surface area contributed by atoms with Gasteiger partial charge in [0, 0.05) is 23.7 Å². The number of amides is 2. The van der Waals surface area contributed by atoms with Crippen molar-refractivity contribution in [3.8, 4) is 0 Å². The van der Waals surface area contributed by atoms with Crippen molar-refractivity contribution in [2.24, 2.45) is 5.92 Å². The highest BCUT2D eigenvalue weighted by molar-refractivity contribution is 9.10. The molecule has 0 spiro atoms. The summed E-state index contributed by atoms with van der Waals surface area (Å²) in [7, 11) is 0. The molecule has 0 saturated heterocycles. The highest BCUT2D eigenvalue weighted by Crippen LogP contribution is 2.29. The molecule has 1 aliphatic carbocycles. The highest BCUT2D eigenvalue weighted by Gasteiger charge is 2.29. The maximum atomic E-state index is 11.8. The van der Waals surface area contributed by atoms with E-state index in [1.807, 2.05) is 19.1 Å². The topological polar surface area (TPSA) is 61.4 Å². The Bertz CT molecular complexity index is 473. The average molecular weight is 341 g/mol. The summed E-state index contributed by atoms with van der Waals surface area (Å²) in [4.78, 5) is 11.8. The lowest BCUT2D eigenvalue weighted by molar-refractivity contribution is 0.166. The number of carbonyl (C=O) groups excluding carboxylic acids is 1. The summed E-state index contributed by atoms with van der Waals surface area (Å²) in [6.07, 6.45) is 2.79. The highest BCUT2D eigenvalue weighted by atomic mass is 79.9. The zero-order chi connectivity index (χ0) is 14.5. The first-order chi connectivity index (χ1) is 9.58. The molecule has 1 aromatic carbocycles. The second-order valence-corrected chi connectivity index (χ2v) is 6.32. The fourth-order valence-corrected chi connectivity index (χ4v) is 2.91. The van der Waals surface area contributed by atoms with Gasteiger partial charge in [0.25, 0.3) is 0 Å². The van der Waals surface area contributed by atoms with Crippen molar-refractivity contribution in [3.05, 3.63) is 33.8 Å². The van der Waals surface area contributed by atoms with Crippen LogP contribution in [0.15, 0.2) is 22.7 Å². The second kappa shape index (κ2) is 7.09. The molecule has 3 N–H and O–H groups in total. The van der Waals surface area contributed by atoms with E-state index >= 15 is 0 Å². The standard InChI is InChI=1S/C15H21BrN2O2/c1-10-2-3-14(16)12(6-10)9-17-15(20)18-13-7-11(8-13)4-5-19/h2-3,6,11,13,19H,4-5,7-9H2,1H3,(H2,17,18,20). The minimum Gasteiger partial charge on any atom is -0.396 e. The summed E-state index contributed by atoms with van der Waals surface area (Å²) in [5.74, 6) is 0.566. The number of hydrogen-bond acceptors (Lipinski definition) is 2. The van der Waals surface area contributed by atoms with Gasteiger partial charge in [0.05, 0.1) is 0 Å². The zero-order valence-electron chi connectivity index (χ0n) is 11.7. The Morgan fingerprint density at radius 3 is 2.90 bits per heavy atom. The lowest BCUT2D eigenvalue weighted by atomic mass is 9.78. The monoisotopic (exact) mass is 340 g/mol. The van der Waals surface area contributed by atoms with Gasteiger partial charge in [0.15, 0.2) is 0 Å². The number of nitrogens with one attached hydrogen (secondary N) is 2. The van der Waals surface area contributed by atoms with E-state index in [4.69, 9.17) is 5.11 Å². The molecular weight excluding hydrogens is 320 g/mol. The first-order valence-corrected chi connectivity index (χ1v) is 7.78. The molecule has 0 bridgehead atoms. The molecule has 0 atom stereocenters. The summed E-state index contributed by atoms with van der Waals surface area (Å²) in [5, 5.41) is 14.7. The van der Waals surface area contributed by atoms with Crippen LogP contribution in [0.1, 0.15) is 30.4 Å². The van der Waals surface area contributed by atoms with E-state index in [1.165, 1.54) is 5.56 Å². The number of halogens is 1. The molecule has 1 saturated carbocycles. The van der Waals surface area contributed by atoms with E-state index < -0.39 is 0 Å². The minimum atomic E-state index is -0.120. The van der Waals surface area contributed by atoms with E-state index in [0.29, 0.717) is 12.5 Å². The zero-order valence-corrected chi connectivity index (χ0v) is 13.2. The smallest absolute Gasteiger partial charge is 0.315 e. The molecule has 20 heavy (non-hydrogen) atoms. The van der Waals surface area contributed by atoms with Gasteiger partial charge in [-0.15, -0.1) is 0 Å². The molecule has 5 heteroatoms. The summed E-state index contributed by atoms with van der Waals surface area (Å²) >= 11 is 3.49. The largest absolute Gasteiger partial charge is 0.396 e. The molecular formula is C15H21BrN2O2. The fourth-order valence-electron chi connectivity index (χ4n) is 2.52. The number of benzene rings is 1. The van der Waals surface area contributed by atoms with E-state index in [0.717, 1.165) is 29.3 Å². The Morgan fingerprint density at radius 1 is 1.45 bits per heavy atom. The average Bonchev–Trinajstić information content (AvgIpc) is 2.37. The van der Waals surface area contributed by atoms with Gasteiger partial charge in [-0.05, 0) is 43.7 Å². The normalized spacial score (nSPS) is 21.1. The molecule has 0 heterocycles. The van der Waals surface area contributed by atoms with Crippen LogP contribution in [0.3, 0.4) is 0 Å². The quantitative estimate of drug-likeness (QED) is 0.771. The molecule has 1 aliphatic rings. The van der Waals surface area contributed by atoms with E-state index in [2.05, 4.69) is 32.6 Å². The van der Waals surface area contributed by atoms with Crippen molar-refractivity contribution in [2.45, 2.75) is 38.8 Å². The van der Waals surface area contributed by atoms with Crippen LogP contribution >= 0.6 is 15.9 Å². The van der Waals surface area contributed by atoms with Crippen LogP contribution in [0.25, 0.3) is 0 Å². The molecule has 0 aliphatic heterocycles. The van der Waals surface area contributed by atoms with Crippen LogP contribution in [0.5, 0.6) is 0 Å². The van der Waals surface area contributed by atoms with Crippen molar-refractivity contribution >= 4 is 22.0 Å². The Morgan fingerprint density at radius 2 is 2.20 bits per heavy atom.